The first-order valence-electron chi connectivity index (χ1n) is 28.5. The lowest BCUT2D eigenvalue weighted by Crippen LogP contribution is -2.29. The highest BCUT2D eigenvalue weighted by atomic mass is 31.2. The number of phosphoric ester groups is 1. The summed E-state index contributed by atoms with van der Waals surface area (Å²) in [7, 11) is -4.41. The molecule has 2 unspecified atom stereocenters. The number of phosphoric acid groups is 1. The summed E-state index contributed by atoms with van der Waals surface area (Å²) in [6, 6.07) is 0. The Bertz CT molecular complexity index is 1760. The van der Waals surface area contributed by atoms with Crippen LogP contribution in [0, 0.1) is 0 Å². The van der Waals surface area contributed by atoms with Crippen LogP contribution in [0.4, 0.5) is 0 Å². The SMILES string of the molecule is CC/C=C\C/C=C\C/C=C\C/C=C\C/C=C\C/C=C\C/C=C\C/C=C\C/C=C\C/C=C\C/C=C\CCCCCC(=O)OC(COC(=O)CCCCCCC/C=C\C/C=C\CCCCCC)COP(=O)(O)OCCN. The fourth-order valence-corrected chi connectivity index (χ4v) is 7.73. The number of ether oxygens (including phenoxy) is 2. The van der Waals surface area contributed by atoms with Crippen LogP contribution in [0.1, 0.15) is 200 Å². The number of carbonyl (C=O) groups excluding carboxylic acids is 2. The predicted molar refractivity (Wildman–Crippen MR) is 316 cm³/mol. The van der Waals surface area contributed by atoms with Crippen molar-refractivity contribution in [3.05, 3.63) is 158 Å². The Morgan fingerprint density at radius 1 is 0.419 bits per heavy atom. The second-order valence-corrected chi connectivity index (χ2v) is 19.5. The highest BCUT2D eigenvalue weighted by molar-refractivity contribution is 7.47. The van der Waals surface area contributed by atoms with Crippen molar-refractivity contribution in [3.63, 3.8) is 0 Å². The number of unbranched alkanes of at least 4 members (excludes halogenated alkanes) is 12. The predicted octanol–water partition coefficient (Wildman–Crippen LogP) is 18.1. The van der Waals surface area contributed by atoms with Gasteiger partial charge < -0.3 is 20.1 Å². The minimum Gasteiger partial charge on any atom is -0.462 e. The summed E-state index contributed by atoms with van der Waals surface area (Å²) in [6.45, 7) is 3.52. The van der Waals surface area contributed by atoms with Gasteiger partial charge in [0.25, 0.3) is 0 Å². The van der Waals surface area contributed by atoms with Gasteiger partial charge in [0, 0.05) is 19.4 Å². The Morgan fingerprint density at radius 2 is 0.743 bits per heavy atom. The van der Waals surface area contributed by atoms with Crippen molar-refractivity contribution in [1.29, 1.82) is 0 Å². The van der Waals surface area contributed by atoms with Gasteiger partial charge in [0.1, 0.15) is 6.61 Å². The Labute approximate surface area is 451 Å². The fraction of sp³-hybridized carbons (Fsp3) is 0.562. The zero-order valence-corrected chi connectivity index (χ0v) is 47.1. The summed E-state index contributed by atoms with van der Waals surface area (Å²) in [5, 5.41) is 0. The molecule has 3 N–H and O–H groups in total. The van der Waals surface area contributed by atoms with Crippen LogP contribution in [0.3, 0.4) is 0 Å². The number of esters is 2. The summed E-state index contributed by atoms with van der Waals surface area (Å²) >= 11 is 0. The molecule has 0 aliphatic carbocycles. The van der Waals surface area contributed by atoms with Crippen LogP contribution in [0.2, 0.25) is 0 Å². The van der Waals surface area contributed by atoms with E-state index in [4.69, 9.17) is 24.3 Å². The Balaban J connectivity index is 4.13. The third kappa shape index (κ3) is 56.9. The molecule has 0 fully saturated rings. The molecule has 0 bridgehead atoms. The zero-order valence-electron chi connectivity index (χ0n) is 46.3. The van der Waals surface area contributed by atoms with E-state index < -0.39 is 32.5 Å². The molecule has 0 aliphatic rings. The molecule has 0 aliphatic heterocycles. The number of hydrogen-bond donors (Lipinski definition) is 2. The number of hydrogen-bond acceptors (Lipinski definition) is 8. The van der Waals surface area contributed by atoms with Crippen LogP contribution in [-0.4, -0.2) is 49.3 Å². The summed E-state index contributed by atoms with van der Waals surface area (Å²) in [4.78, 5) is 35.1. The first-order chi connectivity index (χ1) is 36.3. The van der Waals surface area contributed by atoms with Crippen LogP contribution >= 0.6 is 7.82 Å². The first-order valence-corrected chi connectivity index (χ1v) is 30.0. The molecule has 74 heavy (non-hydrogen) atoms. The van der Waals surface area contributed by atoms with Crippen LogP contribution in [-0.2, 0) is 32.7 Å². The van der Waals surface area contributed by atoms with E-state index in [2.05, 4.69) is 172 Å². The smallest absolute Gasteiger partial charge is 0.462 e. The maximum absolute atomic E-state index is 12.7. The molecule has 0 heterocycles. The van der Waals surface area contributed by atoms with Gasteiger partial charge >= 0.3 is 19.8 Å². The van der Waals surface area contributed by atoms with Crippen molar-refractivity contribution in [3.8, 4) is 0 Å². The molecule has 0 aromatic heterocycles. The van der Waals surface area contributed by atoms with E-state index in [1.807, 2.05) is 0 Å². The number of allylic oxidation sites excluding steroid dienone is 26. The van der Waals surface area contributed by atoms with Crippen molar-refractivity contribution in [2.45, 2.75) is 206 Å². The highest BCUT2D eigenvalue weighted by Crippen LogP contribution is 2.43. The van der Waals surface area contributed by atoms with E-state index in [1.54, 1.807) is 0 Å². The molecule has 2 atom stereocenters. The van der Waals surface area contributed by atoms with Gasteiger partial charge in [0.05, 0.1) is 13.2 Å². The molecular weight excluding hydrogens is 942 g/mol. The van der Waals surface area contributed by atoms with Gasteiger partial charge in [-0.25, -0.2) is 4.57 Å². The summed E-state index contributed by atoms with van der Waals surface area (Å²) < 4.78 is 32.9. The van der Waals surface area contributed by atoms with E-state index in [0.29, 0.717) is 12.8 Å². The van der Waals surface area contributed by atoms with E-state index in [9.17, 15) is 19.0 Å². The molecule has 0 spiro atoms. The fourth-order valence-electron chi connectivity index (χ4n) is 6.96. The normalized spacial score (nSPS) is 14.3. The molecule has 10 heteroatoms. The van der Waals surface area contributed by atoms with Crippen molar-refractivity contribution < 1.29 is 37.6 Å². The maximum Gasteiger partial charge on any atom is 0.472 e. The molecule has 416 valence electrons. The van der Waals surface area contributed by atoms with Crippen molar-refractivity contribution in [2.24, 2.45) is 5.73 Å². The Hall–Kier alpha value is -4.37. The quantitative estimate of drug-likeness (QED) is 0.0264. The number of rotatable bonds is 51. The third-order valence-corrected chi connectivity index (χ3v) is 12.1. The minimum absolute atomic E-state index is 0.0369. The lowest BCUT2D eigenvalue weighted by Gasteiger charge is -2.19. The molecular formula is C64H102NO8P. The minimum atomic E-state index is -4.41. The largest absolute Gasteiger partial charge is 0.472 e. The first kappa shape index (κ1) is 69.6. The van der Waals surface area contributed by atoms with Gasteiger partial charge in [-0.3, -0.25) is 18.6 Å². The molecule has 9 nitrogen and oxygen atoms in total. The van der Waals surface area contributed by atoms with E-state index >= 15 is 0 Å². The van der Waals surface area contributed by atoms with Gasteiger partial charge in [-0.2, -0.15) is 0 Å². The number of carbonyl (C=O) groups is 2. The average Bonchev–Trinajstić information content (AvgIpc) is 3.39. The standard InChI is InChI=1S/C64H102NO8P/c1-3-5-7-9-11-13-15-17-19-21-22-23-24-25-26-27-28-29-30-31-32-33-34-35-36-37-38-39-40-41-43-45-47-49-51-53-55-57-64(67)73-62(61-72-74(68,69)71-59-58-65)60-70-63(66)56-54-52-50-48-46-44-42-20-18-16-14-12-10-8-6-4-2/h5,7,11,13-14,16-17,19-20,22-23,25-26,28-29,31-32,34-35,37-38,40-42,45,47,62H,3-4,6,8-10,12,15,18,21,24,27,30,33,36,39,43-44,46,48-61,65H2,1-2H3,(H,68,69)/b7-5-,13-11-,16-14-,19-17-,23-22-,26-25-,29-28-,32-31-,35-34-,38-37-,41-40-,42-20-,47-45-. The Morgan fingerprint density at radius 3 is 1.12 bits per heavy atom. The average molecular weight is 1040 g/mol. The van der Waals surface area contributed by atoms with Gasteiger partial charge in [-0.05, 0) is 128 Å². The van der Waals surface area contributed by atoms with Crippen LogP contribution in [0.25, 0.3) is 0 Å². The molecule has 0 radical (unpaired) electrons. The monoisotopic (exact) mass is 1040 g/mol. The van der Waals surface area contributed by atoms with E-state index in [1.165, 1.54) is 32.1 Å². The van der Waals surface area contributed by atoms with Gasteiger partial charge in [0.2, 0.25) is 0 Å². The summed E-state index contributed by atoms with van der Waals surface area (Å²) in [6.07, 6.45) is 84.4. The molecule has 0 aromatic carbocycles. The zero-order chi connectivity index (χ0) is 53.8. The van der Waals surface area contributed by atoms with Crippen molar-refractivity contribution in [1.82, 2.24) is 0 Å². The molecule has 0 saturated heterocycles. The third-order valence-electron chi connectivity index (χ3n) is 11.1. The summed E-state index contributed by atoms with van der Waals surface area (Å²) in [5.74, 6) is -0.896. The highest BCUT2D eigenvalue weighted by Gasteiger charge is 2.26. The second kappa shape index (κ2) is 57.9. The lowest BCUT2D eigenvalue weighted by molar-refractivity contribution is -0.161. The number of nitrogens with two attached hydrogens (primary N) is 1. The van der Waals surface area contributed by atoms with Gasteiger partial charge in [-0.1, -0.05) is 217 Å². The summed E-state index contributed by atoms with van der Waals surface area (Å²) in [5.41, 5.74) is 5.37. The van der Waals surface area contributed by atoms with Crippen LogP contribution in [0.5, 0.6) is 0 Å². The molecule has 0 amide bonds. The lowest BCUT2D eigenvalue weighted by atomic mass is 10.1. The van der Waals surface area contributed by atoms with Crippen molar-refractivity contribution >= 4 is 19.8 Å². The Kier molecular flexibility index (Phi) is 54.5. The van der Waals surface area contributed by atoms with Gasteiger partial charge in [-0.15, -0.1) is 0 Å². The van der Waals surface area contributed by atoms with E-state index in [-0.39, 0.29) is 32.6 Å². The topological polar surface area (TPSA) is 134 Å². The molecule has 0 aromatic rings. The maximum atomic E-state index is 12.7. The van der Waals surface area contributed by atoms with Crippen molar-refractivity contribution in [2.75, 3.05) is 26.4 Å². The van der Waals surface area contributed by atoms with E-state index in [0.717, 1.165) is 128 Å². The molecule has 0 rings (SSSR count). The molecule has 0 saturated carbocycles. The second-order valence-electron chi connectivity index (χ2n) is 18.1. The van der Waals surface area contributed by atoms with Crippen LogP contribution < -0.4 is 5.73 Å². The van der Waals surface area contributed by atoms with Gasteiger partial charge in [0.15, 0.2) is 6.10 Å². The van der Waals surface area contributed by atoms with Crippen LogP contribution in [0.15, 0.2) is 158 Å².